The smallest absolute Gasteiger partial charge is 0.346 e. The monoisotopic (exact) mass is 529 g/mol. The number of benzene rings is 1. The zero-order chi connectivity index (χ0) is 25.7. The molecular weight excluding hydrogens is 506 g/mol. The summed E-state index contributed by atoms with van der Waals surface area (Å²) in [7, 11) is 1.48. The number of ether oxygens (including phenoxy) is 2. The lowest BCUT2D eigenvalue weighted by molar-refractivity contribution is -0.385. The molecule has 0 bridgehead atoms. The Morgan fingerprint density at radius 2 is 1.89 bits per heavy atom. The molecule has 1 atom stereocenters. The van der Waals surface area contributed by atoms with E-state index in [4.69, 9.17) is 14.6 Å². The van der Waals surface area contributed by atoms with Crippen molar-refractivity contribution in [3.05, 3.63) is 46.8 Å². The van der Waals surface area contributed by atoms with E-state index in [1.165, 1.54) is 7.11 Å². The van der Waals surface area contributed by atoms with Crippen molar-refractivity contribution in [2.24, 2.45) is 0 Å². The van der Waals surface area contributed by atoms with Crippen molar-refractivity contribution in [2.75, 3.05) is 26.1 Å². The lowest BCUT2D eigenvalue weighted by Crippen LogP contribution is -2.07. The summed E-state index contributed by atoms with van der Waals surface area (Å²) >= 11 is -0.565. The Morgan fingerprint density at radius 3 is 2.56 bits per heavy atom. The van der Waals surface area contributed by atoms with Gasteiger partial charge in [0.15, 0.2) is 11.6 Å². The van der Waals surface area contributed by atoms with Gasteiger partial charge in [0.1, 0.15) is 34.1 Å². The molecule has 36 heavy (non-hydrogen) atoms. The summed E-state index contributed by atoms with van der Waals surface area (Å²) in [6.07, 6.45) is 4.57. The quantitative estimate of drug-likeness (QED) is 0.171. The zero-order valence-corrected chi connectivity index (χ0v) is 21.2. The third kappa shape index (κ3) is 5.38. The number of aromatic nitrogens is 4. The molecule has 4 rings (SSSR count). The number of fused-ring (bicyclic) bond motifs is 1. The van der Waals surface area contributed by atoms with E-state index in [1.54, 1.807) is 36.7 Å². The maximum absolute atomic E-state index is 13.1. The predicted molar refractivity (Wildman–Crippen MR) is 136 cm³/mol. The van der Waals surface area contributed by atoms with E-state index in [9.17, 15) is 14.7 Å². The summed E-state index contributed by atoms with van der Waals surface area (Å²) < 4.78 is 24.2. The van der Waals surface area contributed by atoms with Gasteiger partial charge in [0.25, 0.3) is 4.21 Å². The van der Waals surface area contributed by atoms with Crippen LogP contribution < -0.4 is 9.47 Å². The van der Waals surface area contributed by atoms with Gasteiger partial charge < -0.3 is 19.1 Å². The maximum Gasteiger partial charge on any atom is 0.346 e. The van der Waals surface area contributed by atoms with Gasteiger partial charge >= 0.3 is 5.69 Å². The Hall–Kier alpha value is -3.39. The molecule has 0 saturated carbocycles. The van der Waals surface area contributed by atoms with Crippen molar-refractivity contribution in [3.8, 4) is 34.4 Å². The molecule has 0 amide bonds. The molecule has 1 aromatic carbocycles. The fraction of sp³-hybridized carbons (Fsp3) is 0.304. The summed E-state index contributed by atoms with van der Waals surface area (Å²) in [5, 5.41) is 21.6. The van der Waals surface area contributed by atoms with E-state index in [2.05, 4.69) is 19.9 Å². The van der Waals surface area contributed by atoms with Gasteiger partial charge in [-0.15, -0.1) is 0 Å². The number of unbranched alkanes of at least 4 members (excludes halogenated alkanes) is 1. The molecule has 0 spiro atoms. The Morgan fingerprint density at radius 1 is 1.14 bits per heavy atom. The summed E-state index contributed by atoms with van der Waals surface area (Å²) in [5.74, 6) is 1.52. The first kappa shape index (κ1) is 25.7. The summed E-state index contributed by atoms with van der Waals surface area (Å²) in [6, 6.07) is 6.59. The normalized spacial score (nSPS) is 12.0. The largest absolute Gasteiger partial charge is 0.611 e. The Balaban J connectivity index is 2.02. The van der Waals surface area contributed by atoms with E-state index in [-0.39, 0.29) is 45.8 Å². The highest BCUT2D eigenvalue weighted by atomic mass is 32.2. The highest BCUT2D eigenvalue weighted by molar-refractivity contribution is 7.93. The molecule has 0 radical (unpaired) electrons. The molecule has 188 valence electrons. The summed E-state index contributed by atoms with van der Waals surface area (Å²) in [5.41, 5.74) is 0.413. The van der Waals surface area contributed by atoms with Crippen molar-refractivity contribution in [2.45, 2.75) is 24.0 Å². The van der Waals surface area contributed by atoms with E-state index < -0.39 is 16.1 Å². The average molecular weight is 530 g/mol. The number of hydrogen-bond acceptors (Lipinski definition) is 11. The Labute approximate surface area is 213 Å². The van der Waals surface area contributed by atoms with Gasteiger partial charge in [0.05, 0.1) is 24.3 Å². The van der Waals surface area contributed by atoms with Crippen molar-refractivity contribution >= 4 is 38.4 Å². The van der Waals surface area contributed by atoms with Crippen molar-refractivity contribution < 1.29 is 24.1 Å². The van der Waals surface area contributed by atoms with Gasteiger partial charge in [-0.1, -0.05) is 24.7 Å². The number of thiophene rings is 1. The van der Waals surface area contributed by atoms with Gasteiger partial charge in [-0.2, -0.15) is 0 Å². The SMILES string of the molecule is CCCC[S+]([O-])c1sc2nc(-c3ncccn3)nc(-c3cc(OC)cc(OCCO)c3)c2c1[N+](=O)[O-]. The molecule has 13 heteroatoms. The Bertz CT molecular complexity index is 1370. The molecule has 0 fully saturated rings. The van der Waals surface area contributed by atoms with E-state index in [0.29, 0.717) is 34.1 Å². The van der Waals surface area contributed by atoms with E-state index in [0.717, 1.165) is 17.8 Å². The minimum atomic E-state index is -1.58. The summed E-state index contributed by atoms with van der Waals surface area (Å²) in [6.45, 7) is 1.82. The number of nitrogens with zero attached hydrogens (tertiary/aromatic N) is 5. The molecule has 1 N–H and O–H groups in total. The van der Waals surface area contributed by atoms with Crippen LogP contribution in [0.3, 0.4) is 0 Å². The number of aliphatic hydroxyl groups excluding tert-OH is 1. The lowest BCUT2D eigenvalue weighted by atomic mass is 10.1. The number of methoxy groups -OCH3 is 1. The molecule has 0 aliphatic rings. The van der Waals surface area contributed by atoms with Crippen LogP contribution in [-0.4, -0.2) is 60.6 Å². The van der Waals surface area contributed by atoms with Gasteiger partial charge in [-0.05, 0) is 24.6 Å². The Kier molecular flexibility index (Phi) is 8.25. The van der Waals surface area contributed by atoms with Crippen LogP contribution in [0.4, 0.5) is 5.69 Å². The first-order chi connectivity index (χ1) is 17.5. The van der Waals surface area contributed by atoms with Crippen LogP contribution in [0.2, 0.25) is 0 Å². The fourth-order valence-electron chi connectivity index (χ4n) is 3.45. The summed E-state index contributed by atoms with van der Waals surface area (Å²) in [4.78, 5) is 29.6. The maximum atomic E-state index is 13.1. The van der Waals surface area contributed by atoms with Gasteiger partial charge in [-0.25, -0.2) is 19.9 Å². The fourth-order valence-corrected chi connectivity index (χ4v) is 6.31. The van der Waals surface area contributed by atoms with Crippen LogP contribution in [-0.2, 0) is 11.2 Å². The molecule has 3 heterocycles. The standard InChI is InChI=1S/C23H23N5O6S2/c1-3-4-10-36(32)23-19(28(30)31)17-18(14-11-15(33-2)13-16(12-14)34-9-8-29)26-21(27-22(17)35-23)20-24-6-5-7-25-20/h5-7,11-13,29H,3-4,8-10H2,1-2H3. The van der Waals surface area contributed by atoms with Gasteiger partial charge in [-0.3, -0.25) is 10.1 Å². The highest BCUT2D eigenvalue weighted by Gasteiger charge is 2.35. The van der Waals surface area contributed by atoms with E-state index in [1.807, 2.05) is 6.92 Å². The van der Waals surface area contributed by atoms with Crippen LogP contribution in [0, 0.1) is 10.1 Å². The van der Waals surface area contributed by atoms with Crippen LogP contribution in [0.15, 0.2) is 40.9 Å². The number of hydrogen-bond donors (Lipinski definition) is 1. The lowest BCUT2D eigenvalue weighted by Gasteiger charge is -2.11. The van der Waals surface area contributed by atoms with Gasteiger partial charge in [0, 0.05) is 35.2 Å². The second kappa shape index (κ2) is 11.6. The van der Waals surface area contributed by atoms with Crippen molar-refractivity contribution in [1.29, 1.82) is 0 Å². The number of rotatable bonds is 11. The van der Waals surface area contributed by atoms with Crippen LogP contribution in [0.25, 0.3) is 33.1 Å². The van der Waals surface area contributed by atoms with Crippen LogP contribution >= 0.6 is 11.3 Å². The van der Waals surface area contributed by atoms with Gasteiger partial charge in [0.2, 0.25) is 0 Å². The first-order valence-corrected chi connectivity index (χ1v) is 13.2. The first-order valence-electron chi connectivity index (χ1n) is 11.0. The number of nitro groups is 1. The van der Waals surface area contributed by atoms with Crippen LogP contribution in [0.1, 0.15) is 19.8 Å². The highest BCUT2D eigenvalue weighted by Crippen LogP contribution is 2.45. The van der Waals surface area contributed by atoms with E-state index >= 15 is 0 Å². The molecule has 3 aromatic heterocycles. The minimum absolute atomic E-state index is 0.0497. The second-order valence-electron chi connectivity index (χ2n) is 7.52. The minimum Gasteiger partial charge on any atom is -0.611 e. The predicted octanol–water partition coefficient (Wildman–Crippen LogP) is 4.01. The number of aliphatic hydroxyl groups is 1. The van der Waals surface area contributed by atoms with Crippen molar-refractivity contribution in [1.82, 2.24) is 19.9 Å². The van der Waals surface area contributed by atoms with Crippen molar-refractivity contribution in [3.63, 3.8) is 0 Å². The molecular formula is C23H23N5O6S2. The molecule has 1 unspecified atom stereocenters. The zero-order valence-electron chi connectivity index (χ0n) is 19.5. The van der Waals surface area contributed by atoms with Crippen LogP contribution in [0.5, 0.6) is 11.5 Å². The third-order valence-electron chi connectivity index (χ3n) is 5.08. The topological polar surface area (TPSA) is 156 Å². The molecule has 0 saturated heterocycles. The molecule has 4 aromatic rings. The average Bonchev–Trinajstić information content (AvgIpc) is 3.30. The molecule has 0 aliphatic heterocycles. The molecule has 0 aliphatic carbocycles. The molecule has 11 nitrogen and oxygen atoms in total. The third-order valence-corrected chi connectivity index (χ3v) is 8.02. The second-order valence-corrected chi connectivity index (χ2v) is 10.3.